The Balaban J connectivity index is 1.93. The van der Waals surface area contributed by atoms with Crippen LogP contribution in [0.1, 0.15) is 32.1 Å². The van der Waals surface area contributed by atoms with E-state index in [0.29, 0.717) is 0 Å². The highest BCUT2D eigenvalue weighted by Gasteiger charge is 2.43. The molecule has 15 heavy (non-hydrogen) atoms. The van der Waals surface area contributed by atoms with Gasteiger partial charge in [0.1, 0.15) is 6.61 Å². The number of rotatable bonds is 2. The van der Waals surface area contributed by atoms with Crippen LogP contribution in [-0.2, 0) is 23.8 Å². The molecule has 1 saturated carbocycles. The molecule has 0 bridgehead atoms. The summed E-state index contributed by atoms with van der Waals surface area (Å²) in [6, 6.07) is 0. The summed E-state index contributed by atoms with van der Waals surface area (Å²) in [5.41, 5.74) is 0. The molecule has 5 nitrogen and oxygen atoms in total. The Hall–Kier alpha value is -0.170. The zero-order chi connectivity index (χ0) is 10.9. The average Bonchev–Trinajstić information content (AvgIpc) is 2.47. The standard InChI is InChI=1S/C9H16O5S/c1-15(10,11)14-8-7-12-9(13-8)5-3-2-4-6-9/h8H,2-7H2,1H3. The largest absolute Gasteiger partial charge is 0.344 e. The molecule has 6 heteroatoms. The van der Waals surface area contributed by atoms with Crippen molar-refractivity contribution in [2.75, 3.05) is 12.9 Å². The van der Waals surface area contributed by atoms with Crippen LogP contribution in [-0.4, -0.2) is 33.4 Å². The molecule has 0 radical (unpaired) electrons. The first-order valence-corrected chi connectivity index (χ1v) is 7.01. The maximum absolute atomic E-state index is 10.9. The highest BCUT2D eigenvalue weighted by molar-refractivity contribution is 7.86. The fourth-order valence-corrected chi connectivity index (χ4v) is 2.61. The summed E-state index contributed by atoms with van der Waals surface area (Å²) < 4.78 is 37.6. The van der Waals surface area contributed by atoms with Gasteiger partial charge in [-0.15, -0.1) is 0 Å². The van der Waals surface area contributed by atoms with Gasteiger partial charge in [-0.3, -0.25) is 0 Å². The van der Waals surface area contributed by atoms with Crippen LogP contribution in [0.3, 0.4) is 0 Å². The van der Waals surface area contributed by atoms with E-state index >= 15 is 0 Å². The molecule has 2 aliphatic rings. The van der Waals surface area contributed by atoms with E-state index in [4.69, 9.17) is 13.7 Å². The van der Waals surface area contributed by atoms with Crippen molar-refractivity contribution in [2.45, 2.75) is 44.2 Å². The van der Waals surface area contributed by atoms with Crippen LogP contribution in [0.25, 0.3) is 0 Å². The van der Waals surface area contributed by atoms with Gasteiger partial charge in [-0.05, 0) is 12.8 Å². The zero-order valence-corrected chi connectivity index (χ0v) is 9.59. The number of ether oxygens (including phenoxy) is 2. The first-order chi connectivity index (χ1) is 6.99. The van der Waals surface area contributed by atoms with Crippen molar-refractivity contribution in [3.63, 3.8) is 0 Å². The predicted molar refractivity (Wildman–Crippen MR) is 52.6 cm³/mol. The van der Waals surface area contributed by atoms with E-state index in [1.54, 1.807) is 0 Å². The van der Waals surface area contributed by atoms with Crippen LogP contribution in [0.15, 0.2) is 0 Å². The molecule has 0 N–H and O–H groups in total. The second-order valence-electron chi connectivity index (χ2n) is 4.13. The highest BCUT2D eigenvalue weighted by atomic mass is 32.2. The topological polar surface area (TPSA) is 61.8 Å². The predicted octanol–water partition coefficient (Wildman–Crippen LogP) is 0.996. The molecule has 0 aromatic rings. The molecule has 1 atom stereocenters. The van der Waals surface area contributed by atoms with Gasteiger partial charge in [0.05, 0.1) is 6.26 Å². The summed E-state index contributed by atoms with van der Waals surface area (Å²) in [7, 11) is -3.47. The van der Waals surface area contributed by atoms with E-state index in [-0.39, 0.29) is 6.61 Å². The molecule has 0 aromatic carbocycles. The van der Waals surface area contributed by atoms with E-state index in [2.05, 4.69) is 0 Å². The van der Waals surface area contributed by atoms with Gasteiger partial charge in [-0.1, -0.05) is 6.42 Å². The van der Waals surface area contributed by atoms with Crippen LogP contribution in [0.4, 0.5) is 0 Å². The quantitative estimate of drug-likeness (QED) is 0.669. The van der Waals surface area contributed by atoms with E-state index in [1.807, 2.05) is 0 Å². The normalized spacial score (nSPS) is 30.9. The molecule has 1 unspecified atom stereocenters. The molecule has 88 valence electrons. The third-order valence-corrected chi connectivity index (χ3v) is 3.29. The first kappa shape index (κ1) is 11.3. The summed E-state index contributed by atoms with van der Waals surface area (Å²) in [5.74, 6) is -0.576. The smallest absolute Gasteiger partial charge is 0.266 e. The van der Waals surface area contributed by atoms with E-state index in [9.17, 15) is 8.42 Å². The fraction of sp³-hybridized carbons (Fsp3) is 1.00. The molecular formula is C9H16O5S. The van der Waals surface area contributed by atoms with Crippen molar-refractivity contribution >= 4 is 10.1 Å². The van der Waals surface area contributed by atoms with Crippen LogP contribution < -0.4 is 0 Å². The summed E-state index contributed by atoms with van der Waals surface area (Å²) in [5, 5.41) is 0. The lowest BCUT2D eigenvalue weighted by molar-refractivity contribution is -0.207. The van der Waals surface area contributed by atoms with Crippen LogP contribution in [0.5, 0.6) is 0 Å². The Bertz CT molecular complexity index is 317. The van der Waals surface area contributed by atoms with Crippen molar-refractivity contribution in [1.29, 1.82) is 0 Å². The Morgan fingerprint density at radius 2 is 1.93 bits per heavy atom. The summed E-state index contributed by atoms with van der Waals surface area (Å²) in [4.78, 5) is 0. The Labute approximate surface area is 89.8 Å². The zero-order valence-electron chi connectivity index (χ0n) is 8.77. The average molecular weight is 236 g/mol. The monoisotopic (exact) mass is 236 g/mol. The summed E-state index contributed by atoms with van der Waals surface area (Å²) in [6.45, 7) is 0.201. The van der Waals surface area contributed by atoms with Crippen molar-refractivity contribution < 1.29 is 22.1 Å². The maximum atomic E-state index is 10.9. The Morgan fingerprint density at radius 3 is 2.53 bits per heavy atom. The third-order valence-electron chi connectivity index (χ3n) is 2.73. The molecule has 2 fully saturated rings. The molecule has 1 aliphatic heterocycles. The Morgan fingerprint density at radius 1 is 1.27 bits per heavy atom. The molecule has 0 aromatic heterocycles. The third kappa shape index (κ3) is 2.90. The second-order valence-corrected chi connectivity index (χ2v) is 5.73. The van der Waals surface area contributed by atoms with Crippen molar-refractivity contribution in [2.24, 2.45) is 0 Å². The fourth-order valence-electron chi connectivity index (χ4n) is 2.12. The lowest BCUT2D eigenvalue weighted by Crippen LogP contribution is -2.33. The van der Waals surface area contributed by atoms with Gasteiger partial charge >= 0.3 is 0 Å². The molecule has 1 aliphatic carbocycles. The van der Waals surface area contributed by atoms with Gasteiger partial charge < -0.3 is 9.47 Å². The minimum atomic E-state index is -3.47. The molecule has 2 rings (SSSR count). The molecule has 1 spiro atoms. The van der Waals surface area contributed by atoms with Gasteiger partial charge in [-0.2, -0.15) is 8.42 Å². The van der Waals surface area contributed by atoms with Crippen LogP contribution in [0.2, 0.25) is 0 Å². The minimum Gasteiger partial charge on any atom is -0.344 e. The second kappa shape index (κ2) is 4.01. The van der Waals surface area contributed by atoms with Gasteiger partial charge in [0.25, 0.3) is 10.1 Å². The van der Waals surface area contributed by atoms with Crippen LogP contribution >= 0.6 is 0 Å². The van der Waals surface area contributed by atoms with E-state index in [1.165, 1.54) is 6.42 Å². The maximum Gasteiger partial charge on any atom is 0.266 e. The lowest BCUT2D eigenvalue weighted by Gasteiger charge is -2.31. The van der Waals surface area contributed by atoms with Crippen molar-refractivity contribution in [3.8, 4) is 0 Å². The lowest BCUT2D eigenvalue weighted by atomic mass is 9.94. The van der Waals surface area contributed by atoms with Gasteiger partial charge in [-0.25, -0.2) is 4.18 Å². The van der Waals surface area contributed by atoms with Crippen molar-refractivity contribution in [1.82, 2.24) is 0 Å². The first-order valence-electron chi connectivity index (χ1n) is 5.19. The number of hydrogen-bond acceptors (Lipinski definition) is 5. The SMILES string of the molecule is CS(=O)(=O)OC1COC2(CCCCC2)O1. The molecule has 1 heterocycles. The summed E-state index contributed by atoms with van der Waals surface area (Å²) in [6.07, 6.45) is 5.22. The highest BCUT2D eigenvalue weighted by Crippen LogP contribution is 2.38. The van der Waals surface area contributed by atoms with Crippen molar-refractivity contribution in [3.05, 3.63) is 0 Å². The van der Waals surface area contributed by atoms with Gasteiger partial charge in [0, 0.05) is 12.8 Å². The van der Waals surface area contributed by atoms with Crippen LogP contribution in [0, 0.1) is 0 Å². The molecular weight excluding hydrogens is 220 g/mol. The molecule has 1 saturated heterocycles. The molecule has 0 amide bonds. The van der Waals surface area contributed by atoms with E-state index < -0.39 is 22.2 Å². The van der Waals surface area contributed by atoms with Gasteiger partial charge in [0.15, 0.2) is 5.79 Å². The number of hydrogen-bond donors (Lipinski definition) is 0. The van der Waals surface area contributed by atoms with E-state index in [0.717, 1.165) is 31.9 Å². The van der Waals surface area contributed by atoms with Gasteiger partial charge in [0.2, 0.25) is 6.29 Å². The Kier molecular flexibility index (Phi) is 3.03. The summed E-state index contributed by atoms with van der Waals surface area (Å²) >= 11 is 0. The minimum absolute atomic E-state index is 0.201.